The molecule has 0 aliphatic heterocycles. The molecule has 1 heterocycles. The Bertz CT molecular complexity index is 432. The second kappa shape index (κ2) is 7.47. The van der Waals surface area contributed by atoms with Gasteiger partial charge in [-0.2, -0.15) is 0 Å². The molecule has 1 atom stereocenters. The lowest BCUT2D eigenvalue weighted by atomic mass is 10.3. The van der Waals surface area contributed by atoms with Crippen LogP contribution in [0.4, 0.5) is 0 Å². The predicted octanol–water partition coefficient (Wildman–Crippen LogP) is -0.935. The zero-order valence-electron chi connectivity index (χ0n) is 11.3. The van der Waals surface area contributed by atoms with E-state index in [1.165, 1.54) is 14.0 Å². The lowest BCUT2D eigenvalue weighted by molar-refractivity contribution is -0.144. The van der Waals surface area contributed by atoms with Crippen molar-refractivity contribution in [3.05, 3.63) is 12.2 Å². The summed E-state index contributed by atoms with van der Waals surface area (Å²) >= 11 is 0. The van der Waals surface area contributed by atoms with E-state index >= 15 is 0 Å². The van der Waals surface area contributed by atoms with Gasteiger partial charge in [0.15, 0.2) is 0 Å². The smallest absolute Gasteiger partial charge is 0.329 e. The SMILES string of the molecule is CCn1cnnc1CNCC(NC(C)=O)C(=O)OC. The maximum Gasteiger partial charge on any atom is 0.329 e. The van der Waals surface area contributed by atoms with E-state index in [-0.39, 0.29) is 12.5 Å². The largest absolute Gasteiger partial charge is 0.467 e. The van der Waals surface area contributed by atoms with Gasteiger partial charge in [0.2, 0.25) is 5.91 Å². The van der Waals surface area contributed by atoms with Gasteiger partial charge in [-0.3, -0.25) is 4.79 Å². The van der Waals surface area contributed by atoms with Crippen LogP contribution < -0.4 is 10.6 Å². The Morgan fingerprint density at radius 3 is 2.84 bits per heavy atom. The standard InChI is InChI=1S/C11H19N5O3/c1-4-16-7-13-15-10(16)6-12-5-9(11(18)19-3)14-8(2)17/h7,9,12H,4-6H2,1-3H3,(H,14,17). The van der Waals surface area contributed by atoms with Crippen molar-refractivity contribution in [3.63, 3.8) is 0 Å². The summed E-state index contributed by atoms with van der Waals surface area (Å²) in [5.41, 5.74) is 0. The average molecular weight is 269 g/mol. The van der Waals surface area contributed by atoms with E-state index in [1.807, 2.05) is 11.5 Å². The van der Waals surface area contributed by atoms with E-state index in [1.54, 1.807) is 6.33 Å². The first-order valence-electron chi connectivity index (χ1n) is 6.00. The fraction of sp³-hybridized carbons (Fsp3) is 0.636. The first-order valence-corrected chi connectivity index (χ1v) is 6.00. The monoisotopic (exact) mass is 269 g/mol. The van der Waals surface area contributed by atoms with Crippen molar-refractivity contribution in [2.45, 2.75) is 33.0 Å². The van der Waals surface area contributed by atoms with Crippen molar-refractivity contribution in [2.75, 3.05) is 13.7 Å². The lowest BCUT2D eigenvalue weighted by Crippen LogP contribution is -2.47. The Morgan fingerprint density at radius 2 is 2.26 bits per heavy atom. The first-order chi connectivity index (χ1) is 9.08. The Balaban J connectivity index is 2.48. The van der Waals surface area contributed by atoms with E-state index in [4.69, 9.17) is 0 Å². The quantitative estimate of drug-likeness (QED) is 0.620. The molecule has 1 rings (SSSR count). The maximum atomic E-state index is 11.5. The predicted molar refractivity (Wildman–Crippen MR) is 67.0 cm³/mol. The summed E-state index contributed by atoms with van der Waals surface area (Å²) in [6.45, 7) is 4.84. The van der Waals surface area contributed by atoms with Gasteiger partial charge < -0.3 is 19.9 Å². The highest BCUT2D eigenvalue weighted by molar-refractivity contribution is 5.83. The molecule has 1 aromatic heterocycles. The number of carbonyl (C=O) groups is 2. The summed E-state index contributed by atoms with van der Waals surface area (Å²) in [5, 5.41) is 13.3. The molecule has 0 saturated carbocycles. The molecule has 0 aliphatic rings. The van der Waals surface area contributed by atoms with Crippen LogP contribution in [0, 0.1) is 0 Å². The first kappa shape index (κ1) is 15.1. The lowest BCUT2D eigenvalue weighted by Gasteiger charge is -2.16. The van der Waals surface area contributed by atoms with E-state index < -0.39 is 12.0 Å². The third-order valence-corrected chi connectivity index (χ3v) is 2.53. The summed E-state index contributed by atoms with van der Waals surface area (Å²) in [6.07, 6.45) is 1.64. The van der Waals surface area contributed by atoms with Crippen LogP contribution in [0.3, 0.4) is 0 Å². The Morgan fingerprint density at radius 1 is 1.53 bits per heavy atom. The van der Waals surface area contributed by atoms with E-state index in [9.17, 15) is 9.59 Å². The fourth-order valence-electron chi connectivity index (χ4n) is 1.59. The van der Waals surface area contributed by atoms with Crippen molar-refractivity contribution < 1.29 is 14.3 Å². The van der Waals surface area contributed by atoms with Crippen LogP contribution in [-0.4, -0.2) is 46.3 Å². The van der Waals surface area contributed by atoms with Gasteiger partial charge in [-0.15, -0.1) is 10.2 Å². The number of esters is 1. The Hall–Kier alpha value is -1.96. The molecule has 1 amide bonds. The normalized spacial score (nSPS) is 11.9. The number of ether oxygens (including phenoxy) is 1. The number of nitrogens with zero attached hydrogens (tertiary/aromatic N) is 3. The maximum absolute atomic E-state index is 11.5. The van der Waals surface area contributed by atoms with E-state index in [0.29, 0.717) is 6.54 Å². The number of methoxy groups -OCH3 is 1. The molecule has 0 bridgehead atoms. The van der Waals surface area contributed by atoms with Crippen LogP contribution in [0.25, 0.3) is 0 Å². The van der Waals surface area contributed by atoms with Gasteiger partial charge in [0.1, 0.15) is 18.2 Å². The van der Waals surface area contributed by atoms with Gasteiger partial charge in [-0.05, 0) is 6.92 Å². The van der Waals surface area contributed by atoms with Crippen molar-refractivity contribution in [1.82, 2.24) is 25.4 Å². The van der Waals surface area contributed by atoms with Gasteiger partial charge in [0.05, 0.1) is 13.7 Å². The Labute approximate surface area is 111 Å². The minimum atomic E-state index is -0.708. The van der Waals surface area contributed by atoms with Gasteiger partial charge >= 0.3 is 5.97 Å². The third kappa shape index (κ3) is 4.66. The van der Waals surface area contributed by atoms with Gasteiger partial charge in [0, 0.05) is 20.0 Å². The summed E-state index contributed by atoms with van der Waals surface area (Å²) < 4.78 is 6.51. The summed E-state index contributed by atoms with van der Waals surface area (Å²) in [7, 11) is 1.28. The van der Waals surface area contributed by atoms with Crippen molar-refractivity contribution in [1.29, 1.82) is 0 Å². The highest BCUT2D eigenvalue weighted by Gasteiger charge is 2.19. The van der Waals surface area contributed by atoms with Crippen LogP contribution >= 0.6 is 0 Å². The fourth-order valence-corrected chi connectivity index (χ4v) is 1.59. The van der Waals surface area contributed by atoms with Crippen LogP contribution in [-0.2, 0) is 27.4 Å². The molecule has 8 nitrogen and oxygen atoms in total. The zero-order valence-corrected chi connectivity index (χ0v) is 11.3. The number of hydrogen-bond acceptors (Lipinski definition) is 6. The van der Waals surface area contributed by atoms with Crippen molar-refractivity contribution >= 4 is 11.9 Å². The molecule has 19 heavy (non-hydrogen) atoms. The molecule has 0 fully saturated rings. The number of amides is 1. The number of rotatable bonds is 7. The van der Waals surface area contributed by atoms with Crippen molar-refractivity contribution in [3.8, 4) is 0 Å². The summed E-state index contributed by atoms with van der Waals surface area (Å²) in [5.74, 6) is 0.00234. The molecular formula is C11H19N5O3. The molecule has 0 aromatic carbocycles. The summed E-state index contributed by atoms with van der Waals surface area (Å²) in [6, 6.07) is -0.708. The molecule has 106 valence electrons. The zero-order chi connectivity index (χ0) is 14.3. The highest BCUT2D eigenvalue weighted by atomic mass is 16.5. The number of carbonyl (C=O) groups excluding carboxylic acids is 2. The molecule has 1 unspecified atom stereocenters. The minimum Gasteiger partial charge on any atom is -0.467 e. The molecule has 0 radical (unpaired) electrons. The van der Waals surface area contributed by atoms with Crippen LogP contribution in [0.2, 0.25) is 0 Å². The molecular weight excluding hydrogens is 250 g/mol. The van der Waals surface area contributed by atoms with Gasteiger partial charge in [-0.1, -0.05) is 0 Å². The van der Waals surface area contributed by atoms with Crippen LogP contribution in [0.5, 0.6) is 0 Å². The highest BCUT2D eigenvalue weighted by Crippen LogP contribution is 1.95. The van der Waals surface area contributed by atoms with E-state index in [2.05, 4.69) is 25.6 Å². The summed E-state index contributed by atoms with van der Waals surface area (Å²) in [4.78, 5) is 22.4. The average Bonchev–Trinajstić information content (AvgIpc) is 2.83. The molecule has 0 spiro atoms. The topological polar surface area (TPSA) is 98.1 Å². The number of nitrogens with one attached hydrogen (secondary N) is 2. The van der Waals surface area contributed by atoms with E-state index in [0.717, 1.165) is 12.4 Å². The molecule has 1 aromatic rings. The number of aromatic nitrogens is 3. The second-order valence-electron chi connectivity index (χ2n) is 3.94. The molecule has 0 saturated heterocycles. The second-order valence-corrected chi connectivity index (χ2v) is 3.94. The minimum absolute atomic E-state index is 0.267. The van der Waals surface area contributed by atoms with Crippen LogP contribution in [0.1, 0.15) is 19.7 Å². The number of hydrogen-bond donors (Lipinski definition) is 2. The molecule has 0 aliphatic carbocycles. The van der Waals surface area contributed by atoms with Gasteiger partial charge in [0.25, 0.3) is 0 Å². The Kier molecular flexibility index (Phi) is 5.94. The van der Waals surface area contributed by atoms with Crippen LogP contribution in [0.15, 0.2) is 6.33 Å². The molecule has 2 N–H and O–H groups in total. The molecule has 8 heteroatoms. The van der Waals surface area contributed by atoms with Gasteiger partial charge in [-0.25, -0.2) is 4.79 Å². The van der Waals surface area contributed by atoms with Crippen molar-refractivity contribution in [2.24, 2.45) is 0 Å². The third-order valence-electron chi connectivity index (χ3n) is 2.53. The number of aryl methyl sites for hydroxylation is 1.